The fourth-order valence-corrected chi connectivity index (χ4v) is 3.35. The quantitative estimate of drug-likeness (QED) is 0.569. The number of amides is 1. The number of hydrogen-bond donors (Lipinski definition) is 4. The van der Waals surface area contributed by atoms with E-state index < -0.39 is 5.54 Å². The van der Waals surface area contributed by atoms with E-state index in [1.54, 1.807) is 0 Å². The lowest BCUT2D eigenvalue weighted by atomic mass is 10.1. The van der Waals surface area contributed by atoms with Crippen molar-refractivity contribution in [2.75, 3.05) is 11.9 Å². The molecular formula is C20H23N5O2. The fraction of sp³-hybridized carbons (Fsp3) is 0.350. The molecule has 4 N–H and O–H groups in total. The molecule has 3 heterocycles. The zero-order valence-electron chi connectivity index (χ0n) is 15.8. The maximum absolute atomic E-state index is 12.1. The van der Waals surface area contributed by atoms with Crippen molar-refractivity contribution in [2.24, 2.45) is 0 Å². The molecule has 0 bridgehead atoms. The van der Waals surface area contributed by atoms with Gasteiger partial charge in [-0.25, -0.2) is 9.97 Å². The molecule has 1 aliphatic rings. The zero-order valence-corrected chi connectivity index (χ0v) is 15.8. The van der Waals surface area contributed by atoms with Crippen LogP contribution in [0.1, 0.15) is 48.6 Å². The number of H-pyrrole nitrogens is 1. The number of nitrogens with one attached hydrogen (secondary N) is 3. The Hall–Kier alpha value is -2.93. The van der Waals surface area contributed by atoms with Crippen LogP contribution >= 0.6 is 0 Å². The van der Waals surface area contributed by atoms with E-state index in [0.717, 1.165) is 33.7 Å². The monoisotopic (exact) mass is 365 g/mol. The lowest BCUT2D eigenvalue weighted by Gasteiger charge is -2.25. The Morgan fingerprint density at radius 1 is 1.26 bits per heavy atom. The number of benzene rings is 1. The molecule has 1 unspecified atom stereocenters. The van der Waals surface area contributed by atoms with Crippen molar-refractivity contribution in [3.63, 3.8) is 0 Å². The molecule has 140 valence electrons. The average molecular weight is 365 g/mol. The first kappa shape index (κ1) is 17.5. The van der Waals surface area contributed by atoms with Crippen LogP contribution < -0.4 is 10.6 Å². The maximum Gasteiger partial charge on any atom is 0.253 e. The largest absolute Gasteiger partial charge is 0.394 e. The highest BCUT2D eigenvalue weighted by atomic mass is 16.3. The molecule has 1 amide bonds. The van der Waals surface area contributed by atoms with Crippen molar-refractivity contribution in [3.05, 3.63) is 41.2 Å². The normalized spacial score (nSPS) is 16.5. The first-order valence-corrected chi connectivity index (χ1v) is 8.99. The second-order valence-corrected chi connectivity index (χ2v) is 7.70. The molecule has 7 nitrogen and oxygen atoms in total. The van der Waals surface area contributed by atoms with Gasteiger partial charge in [0.15, 0.2) is 0 Å². The van der Waals surface area contributed by atoms with Gasteiger partial charge in [0.2, 0.25) is 0 Å². The van der Waals surface area contributed by atoms with Gasteiger partial charge in [0, 0.05) is 11.3 Å². The van der Waals surface area contributed by atoms with Crippen LogP contribution in [0.2, 0.25) is 0 Å². The molecule has 1 atom stereocenters. The number of para-hydroxylation sites is 1. The number of aromatic nitrogens is 3. The summed E-state index contributed by atoms with van der Waals surface area (Å²) in [6, 6.07) is 7.66. The van der Waals surface area contributed by atoms with Gasteiger partial charge in [-0.3, -0.25) is 4.79 Å². The molecule has 0 saturated heterocycles. The SMILES string of the molecule is Cc1nc2cccc(-c3cc4c([nH]3)C(C)NC4=O)c2nc1NC(C)(C)CO. The van der Waals surface area contributed by atoms with Crippen LogP contribution in [0.25, 0.3) is 22.3 Å². The first-order valence-electron chi connectivity index (χ1n) is 8.99. The molecule has 0 saturated carbocycles. The van der Waals surface area contributed by atoms with Gasteiger partial charge in [-0.05, 0) is 39.8 Å². The van der Waals surface area contributed by atoms with Crippen molar-refractivity contribution in [1.82, 2.24) is 20.3 Å². The average Bonchev–Trinajstić information content (AvgIpc) is 3.17. The van der Waals surface area contributed by atoms with E-state index in [2.05, 4.69) is 20.6 Å². The molecule has 1 aliphatic heterocycles. The summed E-state index contributed by atoms with van der Waals surface area (Å²) in [4.78, 5) is 24.9. The van der Waals surface area contributed by atoms with Crippen molar-refractivity contribution >= 4 is 22.8 Å². The zero-order chi connectivity index (χ0) is 19.3. The Morgan fingerprint density at radius 3 is 2.74 bits per heavy atom. The number of aliphatic hydroxyl groups is 1. The first-order chi connectivity index (χ1) is 12.8. The fourth-order valence-electron chi connectivity index (χ4n) is 3.35. The third kappa shape index (κ3) is 2.94. The van der Waals surface area contributed by atoms with Gasteiger partial charge < -0.3 is 20.7 Å². The van der Waals surface area contributed by atoms with Crippen LogP contribution in [0.5, 0.6) is 0 Å². The maximum atomic E-state index is 12.1. The summed E-state index contributed by atoms with van der Waals surface area (Å²) in [5.74, 6) is 0.577. The van der Waals surface area contributed by atoms with Gasteiger partial charge in [0.05, 0.1) is 40.7 Å². The second kappa shape index (κ2) is 6.06. The van der Waals surface area contributed by atoms with Gasteiger partial charge >= 0.3 is 0 Å². The van der Waals surface area contributed by atoms with E-state index in [4.69, 9.17) is 4.98 Å². The number of fused-ring (bicyclic) bond motifs is 2. The van der Waals surface area contributed by atoms with Crippen LogP contribution in [-0.2, 0) is 0 Å². The molecule has 27 heavy (non-hydrogen) atoms. The van der Waals surface area contributed by atoms with Crippen LogP contribution in [0.3, 0.4) is 0 Å². The molecule has 1 aromatic carbocycles. The summed E-state index contributed by atoms with van der Waals surface area (Å²) in [6.45, 7) is 7.63. The van der Waals surface area contributed by atoms with E-state index in [1.165, 1.54) is 0 Å². The molecule has 4 rings (SSSR count). The summed E-state index contributed by atoms with van der Waals surface area (Å²) >= 11 is 0. The number of rotatable bonds is 4. The lowest BCUT2D eigenvalue weighted by molar-refractivity contribution is 0.0958. The molecule has 7 heteroatoms. The van der Waals surface area contributed by atoms with Crippen LogP contribution in [-0.4, -0.2) is 38.1 Å². The van der Waals surface area contributed by atoms with Gasteiger partial charge in [-0.2, -0.15) is 0 Å². The molecule has 0 radical (unpaired) electrons. The number of aromatic amines is 1. The molecule has 0 fully saturated rings. The van der Waals surface area contributed by atoms with Gasteiger partial charge in [0.25, 0.3) is 5.91 Å². The van der Waals surface area contributed by atoms with Crippen molar-refractivity contribution in [2.45, 2.75) is 39.3 Å². The molecular weight excluding hydrogens is 342 g/mol. The molecule has 0 aliphatic carbocycles. The van der Waals surface area contributed by atoms with Gasteiger partial charge in [-0.1, -0.05) is 12.1 Å². The number of aryl methyl sites for hydroxylation is 1. The number of hydrogen-bond acceptors (Lipinski definition) is 5. The standard InChI is InChI=1S/C20H23N5O2/c1-10-16-13(19(27)22-10)8-15(23-16)12-6-5-7-14-17(12)24-18(11(2)21-14)25-20(3,4)9-26/h5-8,10,23,26H,9H2,1-4H3,(H,22,27)(H,24,25). The number of anilines is 1. The minimum absolute atomic E-state index is 0.0237. The minimum atomic E-state index is -0.511. The lowest BCUT2D eigenvalue weighted by Crippen LogP contribution is -2.35. The third-order valence-electron chi connectivity index (χ3n) is 4.88. The Morgan fingerprint density at radius 2 is 2.04 bits per heavy atom. The van der Waals surface area contributed by atoms with E-state index in [0.29, 0.717) is 11.4 Å². The summed E-state index contributed by atoms with van der Waals surface area (Å²) in [7, 11) is 0. The summed E-state index contributed by atoms with van der Waals surface area (Å²) in [6.07, 6.45) is 0. The number of nitrogens with zero attached hydrogens (tertiary/aromatic N) is 2. The molecule has 0 spiro atoms. The van der Waals surface area contributed by atoms with Crippen LogP contribution in [0.4, 0.5) is 5.82 Å². The summed E-state index contributed by atoms with van der Waals surface area (Å²) < 4.78 is 0. The Labute approximate surface area is 157 Å². The van der Waals surface area contributed by atoms with E-state index in [9.17, 15) is 9.90 Å². The number of carbonyl (C=O) groups excluding carboxylic acids is 1. The van der Waals surface area contributed by atoms with Gasteiger partial charge in [0.1, 0.15) is 11.3 Å². The Bertz CT molecular complexity index is 1050. The predicted molar refractivity (Wildman–Crippen MR) is 105 cm³/mol. The Kier molecular flexibility index (Phi) is 3.92. The summed E-state index contributed by atoms with van der Waals surface area (Å²) in [5.41, 5.74) is 5.08. The Balaban J connectivity index is 1.86. The van der Waals surface area contributed by atoms with Crippen molar-refractivity contribution < 1.29 is 9.90 Å². The molecule has 3 aromatic rings. The number of aliphatic hydroxyl groups excluding tert-OH is 1. The van der Waals surface area contributed by atoms with E-state index in [-0.39, 0.29) is 18.6 Å². The van der Waals surface area contributed by atoms with Gasteiger partial charge in [-0.15, -0.1) is 0 Å². The van der Waals surface area contributed by atoms with E-state index >= 15 is 0 Å². The third-order valence-corrected chi connectivity index (χ3v) is 4.88. The van der Waals surface area contributed by atoms with E-state index in [1.807, 2.05) is 52.0 Å². The predicted octanol–water partition coefficient (Wildman–Crippen LogP) is 2.92. The highest BCUT2D eigenvalue weighted by Crippen LogP contribution is 2.33. The second-order valence-electron chi connectivity index (χ2n) is 7.70. The van der Waals surface area contributed by atoms with Crippen molar-refractivity contribution in [3.8, 4) is 11.3 Å². The van der Waals surface area contributed by atoms with Crippen LogP contribution in [0.15, 0.2) is 24.3 Å². The highest BCUT2D eigenvalue weighted by molar-refractivity contribution is 6.01. The van der Waals surface area contributed by atoms with Crippen LogP contribution in [0, 0.1) is 6.92 Å². The number of carbonyl (C=O) groups is 1. The van der Waals surface area contributed by atoms with Crippen molar-refractivity contribution in [1.29, 1.82) is 0 Å². The topological polar surface area (TPSA) is 103 Å². The molecule has 2 aromatic heterocycles. The minimum Gasteiger partial charge on any atom is -0.394 e. The summed E-state index contributed by atoms with van der Waals surface area (Å²) in [5, 5.41) is 15.7. The smallest absolute Gasteiger partial charge is 0.253 e. The highest BCUT2D eigenvalue weighted by Gasteiger charge is 2.28.